The standard InChI is InChI=1S/C29H35FN4O4S.ClH/c1-28(2,31)27(37)32-23(18-38-17-21-7-5-4-6-8-21)26(36)33-13-14-34-25(39-3)15-24(35)29(34,19-33)16-20-9-11-22(30)12-10-20;/h4-12,15,23H,13-14,16-19,31H2,1-3H3,(H,32,37);1H/t23-,29+;/m1./s1. The second kappa shape index (κ2) is 13.2. The number of hydrogen-bond acceptors (Lipinski definition) is 7. The molecule has 0 bridgehead atoms. The Kier molecular flexibility index (Phi) is 10.4. The molecule has 2 aromatic carbocycles. The van der Waals surface area contributed by atoms with Crippen LogP contribution in [0.3, 0.4) is 0 Å². The summed E-state index contributed by atoms with van der Waals surface area (Å²) in [5, 5.41) is 3.60. The minimum absolute atomic E-state index is 0. The lowest BCUT2D eigenvalue weighted by molar-refractivity contribution is -0.145. The number of piperazine rings is 1. The molecular weight excluding hydrogens is 555 g/mol. The quantitative estimate of drug-likeness (QED) is 0.438. The Morgan fingerprint density at radius 1 is 1.12 bits per heavy atom. The van der Waals surface area contributed by atoms with Crippen molar-refractivity contribution in [2.45, 2.75) is 44.0 Å². The van der Waals surface area contributed by atoms with Crippen molar-refractivity contribution in [3.05, 3.63) is 82.6 Å². The molecule has 216 valence electrons. The Morgan fingerprint density at radius 3 is 2.42 bits per heavy atom. The molecule has 0 spiro atoms. The van der Waals surface area contributed by atoms with E-state index in [1.165, 1.54) is 23.9 Å². The summed E-state index contributed by atoms with van der Waals surface area (Å²) in [6, 6.07) is 14.6. The first kappa shape index (κ1) is 31.6. The number of ketones is 1. The van der Waals surface area contributed by atoms with Crippen molar-refractivity contribution >= 4 is 41.8 Å². The molecule has 0 saturated carbocycles. The second-order valence-electron chi connectivity index (χ2n) is 10.5. The first-order valence-corrected chi connectivity index (χ1v) is 14.1. The van der Waals surface area contributed by atoms with Crippen LogP contribution in [0.5, 0.6) is 0 Å². The number of hydrogen-bond donors (Lipinski definition) is 2. The predicted molar refractivity (Wildman–Crippen MR) is 156 cm³/mol. The number of nitrogens with zero attached hydrogens (tertiary/aromatic N) is 2. The molecule has 0 unspecified atom stereocenters. The highest BCUT2D eigenvalue weighted by atomic mass is 35.5. The lowest BCUT2D eigenvalue weighted by Crippen LogP contribution is -2.67. The van der Waals surface area contributed by atoms with E-state index < -0.39 is 23.0 Å². The third kappa shape index (κ3) is 7.04. The number of nitrogens with one attached hydrogen (secondary N) is 1. The molecule has 0 aliphatic carbocycles. The van der Waals surface area contributed by atoms with Crippen LogP contribution in [0.4, 0.5) is 4.39 Å². The van der Waals surface area contributed by atoms with Gasteiger partial charge in [0.15, 0.2) is 5.78 Å². The van der Waals surface area contributed by atoms with Crippen LogP contribution in [-0.2, 0) is 32.1 Å². The zero-order chi connectivity index (χ0) is 28.2. The van der Waals surface area contributed by atoms with E-state index in [-0.39, 0.29) is 49.7 Å². The minimum Gasteiger partial charge on any atom is -0.374 e. The molecular formula is C29H36ClFN4O4S. The topological polar surface area (TPSA) is 105 Å². The largest absolute Gasteiger partial charge is 0.374 e. The van der Waals surface area contributed by atoms with Gasteiger partial charge in [-0.25, -0.2) is 4.39 Å². The number of ether oxygens (including phenoxy) is 1. The fourth-order valence-electron chi connectivity index (χ4n) is 4.92. The molecule has 2 atom stereocenters. The molecule has 1 fully saturated rings. The van der Waals surface area contributed by atoms with Gasteiger partial charge in [0.1, 0.15) is 17.4 Å². The van der Waals surface area contributed by atoms with E-state index in [2.05, 4.69) is 10.2 Å². The molecule has 0 radical (unpaired) electrons. The third-order valence-corrected chi connectivity index (χ3v) is 7.81. The van der Waals surface area contributed by atoms with Crippen molar-refractivity contribution in [2.75, 3.05) is 32.5 Å². The van der Waals surface area contributed by atoms with E-state index in [9.17, 15) is 18.8 Å². The normalized spacial score (nSPS) is 19.4. The van der Waals surface area contributed by atoms with Crippen molar-refractivity contribution in [3.8, 4) is 0 Å². The highest BCUT2D eigenvalue weighted by molar-refractivity contribution is 8.02. The van der Waals surface area contributed by atoms with Gasteiger partial charge in [0.05, 0.1) is 30.3 Å². The number of benzene rings is 2. The third-order valence-electron chi connectivity index (χ3n) is 7.06. The molecule has 0 aromatic heterocycles. The van der Waals surface area contributed by atoms with E-state index in [0.29, 0.717) is 19.5 Å². The van der Waals surface area contributed by atoms with Crippen LogP contribution in [0.2, 0.25) is 0 Å². The summed E-state index contributed by atoms with van der Waals surface area (Å²) >= 11 is 1.48. The van der Waals surface area contributed by atoms with Gasteiger partial charge in [0.2, 0.25) is 11.8 Å². The molecule has 3 N–H and O–H groups in total. The number of rotatable bonds is 10. The monoisotopic (exact) mass is 590 g/mol. The molecule has 2 heterocycles. The highest BCUT2D eigenvalue weighted by Crippen LogP contribution is 2.39. The fourth-order valence-corrected chi connectivity index (χ4v) is 5.63. The summed E-state index contributed by atoms with van der Waals surface area (Å²) < 4.78 is 19.4. The number of carbonyl (C=O) groups is 3. The highest BCUT2D eigenvalue weighted by Gasteiger charge is 2.52. The number of amides is 2. The van der Waals surface area contributed by atoms with Crippen molar-refractivity contribution < 1.29 is 23.5 Å². The Morgan fingerprint density at radius 2 is 1.80 bits per heavy atom. The molecule has 2 aliphatic rings. The summed E-state index contributed by atoms with van der Waals surface area (Å²) in [5.74, 6) is -1.28. The van der Waals surface area contributed by atoms with Crippen LogP contribution in [0.1, 0.15) is 25.0 Å². The van der Waals surface area contributed by atoms with Gasteiger partial charge in [0, 0.05) is 25.6 Å². The maximum atomic E-state index is 13.9. The lowest BCUT2D eigenvalue weighted by Gasteiger charge is -2.48. The summed E-state index contributed by atoms with van der Waals surface area (Å²) in [5.41, 5.74) is 5.52. The first-order valence-electron chi connectivity index (χ1n) is 12.9. The van der Waals surface area contributed by atoms with Gasteiger partial charge >= 0.3 is 0 Å². The number of fused-ring (bicyclic) bond motifs is 1. The maximum absolute atomic E-state index is 13.9. The number of halogens is 2. The Balaban J connectivity index is 0.00000441. The zero-order valence-electron chi connectivity index (χ0n) is 22.9. The van der Waals surface area contributed by atoms with E-state index in [4.69, 9.17) is 10.5 Å². The Labute approximate surface area is 244 Å². The molecule has 11 heteroatoms. The zero-order valence-corrected chi connectivity index (χ0v) is 24.5. The summed E-state index contributed by atoms with van der Waals surface area (Å²) in [4.78, 5) is 43.8. The molecule has 40 heavy (non-hydrogen) atoms. The van der Waals surface area contributed by atoms with Crippen LogP contribution in [-0.4, -0.2) is 77.0 Å². The van der Waals surface area contributed by atoms with Crippen molar-refractivity contribution in [3.63, 3.8) is 0 Å². The smallest absolute Gasteiger partial charge is 0.247 e. The van der Waals surface area contributed by atoms with Gasteiger partial charge in [-0.3, -0.25) is 14.4 Å². The van der Waals surface area contributed by atoms with E-state index in [1.54, 1.807) is 37.0 Å². The Hall–Kier alpha value is -2.92. The average Bonchev–Trinajstić information content (AvgIpc) is 3.19. The number of carbonyl (C=O) groups excluding carboxylic acids is 3. The molecule has 4 rings (SSSR count). The molecule has 1 saturated heterocycles. The fraction of sp³-hybridized carbons (Fsp3) is 0.414. The lowest BCUT2D eigenvalue weighted by atomic mass is 9.84. The first-order chi connectivity index (χ1) is 18.5. The maximum Gasteiger partial charge on any atom is 0.247 e. The number of nitrogens with two attached hydrogens (primary N) is 1. The van der Waals surface area contributed by atoms with Gasteiger partial charge in [-0.1, -0.05) is 42.5 Å². The SMILES string of the molecule is CSC1=CC(=O)[C@]2(Cc3ccc(F)cc3)CN(C(=O)[C@@H](COCc3ccccc3)NC(=O)C(C)(C)N)CCN12.Cl. The average molecular weight is 591 g/mol. The molecule has 2 aromatic rings. The molecule has 2 aliphatic heterocycles. The van der Waals surface area contributed by atoms with Gasteiger partial charge in [-0.2, -0.15) is 0 Å². The van der Waals surface area contributed by atoms with Crippen molar-refractivity contribution in [2.24, 2.45) is 5.73 Å². The predicted octanol–water partition coefficient (Wildman–Crippen LogP) is 2.90. The van der Waals surface area contributed by atoms with Gasteiger partial charge in [-0.15, -0.1) is 24.2 Å². The Bertz CT molecular complexity index is 1240. The van der Waals surface area contributed by atoms with Gasteiger partial charge in [-0.05, 0) is 43.4 Å². The summed E-state index contributed by atoms with van der Waals surface area (Å²) in [6.07, 6.45) is 3.85. The second-order valence-corrected chi connectivity index (χ2v) is 11.4. The van der Waals surface area contributed by atoms with E-state index in [1.807, 2.05) is 36.6 Å². The van der Waals surface area contributed by atoms with E-state index >= 15 is 0 Å². The van der Waals surface area contributed by atoms with Crippen molar-refractivity contribution in [1.29, 1.82) is 0 Å². The van der Waals surface area contributed by atoms with Crippen molar-refractivity contribution in [1.82, 2.24) is 15.1 Å². The van der Waals surface area contributed by atoms with Gasteiger partial charge < -0.3 is 25.6 Å². The van der Waals surface area contributed by atoms with E-state index in [0.717, 1.165) is 16.2 Å². The van der Waals surface area contributed by atoms with Crippen LogP contribution in [0.15, 0.2) is 65.7 Å². The van der Waals surface area contributed by atoms with Gasteiger partial charge in [0.25, 0.3) is 0 Å². The van der Waals surface area contributed by atoms with Crippen LogP contribution in [0, 0.1) is 5.82 Å². The molecule has 2 amide bonds. The van der Waals surface area contributed by atoms with Crippen LogP contribution in [0.25, 0.3) is 0 Å². The summed E-state index contributed by atoms with van der Waals surface area (Å²) in [6.45, 7) is 4.29. The molecule has 8 nitrogen and oxygen atoms in total. The van der Waals surface area contributed by atoms with Crippen LogP contribution < -0.4 is 11.1 Å². The minimum atomic E-state index is -1.20. The number of thioether (sulfide) groups is 1. The van der Waals surface area contributed by atoms with Crippen LogP contribution >= 0.6 is 24.2 Å². The summed E-state index contributed by atoms with van der Waals surface area (Å²) in [7, 11) is 0.